The van der Waals surface area contributed by atoms with E-state index in [1.165, 1.54) is 22.0 Å². The van der Waals surface area contributed by atoms with Gasteiger partial charge in [0.1, 0.15) is 12.7 Å². The van der Waals surface area contributed by atoms with E-state index in [4.69, 9.17) is 15.2 Å². The first-order chi connectivity index (χ1) is 13.3. The summed E-state index contributed by atoms with van der Waals surface area (Å²) in [5, 5.41) is 1.30. The highest BCUT2D eigenvalue weighted by Crippen LogP contribution is 2.34. The minimum absolute atomic E-state index is 0.0455. The molecule has 3 aromatic rings. The molecule has 0 saturated carbocycles. The van der Waals surface area contributed by atoms with E-state index in [9.17, 15) is 0 Å². The van der Waals surface area contributed by atoms with E-state index in [2.05, 4.69) is 46.4 Å². The van der Waals surface area contributed by atoms with Gasteiger partial charge in [0, 0.05) is 54.1 Å². The zero-order valence-electron chi connectivity index (χ0n) is 15.2. The predicted octanol–water partition coefficient (Wildman–Crippen LogP) is 3.68. The second kappa shape index (κ2) is 6.67. The van der Waals surface area contributed by atoms with E-state index < -0.39 is 0 Å². The number of aromatic amines is 1. The summed E-state index contributed by atoms with van der Waals surface area (Å²) in [6.07, 6.45) is 5.57. The molecule has 1 aromatic heterocycles. The van der Waals surface area contributed by atoms with Gasteiger partial charge in [-0.05, 0) is 30.2 Å². The van der Waals surface area contributed by atoms with Crippen LogP contribution in [0.5, 0.6) is 11.5 Å². The third kappa shape index (κ3) is 3.15. The second-order valence-corrected chi connectivity index (χ2v) is 7.24. The van der Waals surface area contributed by atoms with Gasteiger partial charge >= 0.3 is 0 Å². The number of rotatable bonds is 3. The molecule has 3 N–H and O–H groups in total. The highest BCUT2D eigenvalue weighted by Gasteiger charge is 2.24. The zero-order chi connectivity index (χ0) is 18.2. The highest BCUT2D eigenvalue weighted by atomic mass is 16.6. The van der Waals surface area contributed by atoms with Crippen molar-refractivity contribution in [3.63, 3.8) is 0 Å². The van der Waals surface area contributed by atoms with Gasteiger partial charge in [-0.1, -0.05) is 24.3 Å². The van der Waals surface area contributed by atoms with Crippen molar-refractivity contribution in [2.75, 3.05) is 32.0 Å². The minimum Gasteiger partial charge on any atom is -0.486 e. The third-order valence-corrected chi connectivity index (χ3v) is 5.38. The Morgan fingerprint density at radius 3 is 2.96 bits per heavy atom. The smallest absolute Gasteiger partial charge is 0.163 e. The molecular formula is C22H23N3O2. The van der Waals surface area contributed by atoms with Crippen LogP contribution in [0.25, 0.3) is 16.5 Å². The summed E-state index contributed by atoms with van der Waals surface area (Å²) < 4.78 is 11.9. The number of benzene rings is 2. The van der Waals surface area contributed by atoms with Crippen LogP contribution in [0.4, 0.5) is 5.69 Å². The zero-order valence-corrected chi connectivity index (χ0v) is 15.2. The summed E-state index contributed by atoms with van der Waals surface area (Å²) in [5.74, 6) is 1.53. The molecule has 0 saturated heterocycles. The second-order valence-electron chi connectivity index (χ2n) is 7.24. The maximum Gasteiger partial charge on any atom is 0.163 e. The first-order valence-corrected chi connectivity index (χ1v) is 9.43. The molecule has 1 atom stereocenters. The van der Waals surface area contributed by atoms with E-state index in [1.807, 2.05) is 18.2 Å². The van der Waals surface area contributed by atoms with Gasteiger partial charge in [0.2, 0.25) is 0 Å². The fourth-order valence-corrected chi connectivity index (χ4v) is 3.97. The number of H-pyrrole nitrogens is 1. The Labute approximate surface area is 158 Å². The number of nitrogens with zero attached hydrogens (tertiary/aromatic N) is 1. The number of hydrogen-bond donors (Lipinski definition) is 2. The molecular weight excluding hydrogens is 338 g/mol. The van der Waals surface area contributed by atoms with Crippen molar-refractivity contribution >= 4 is 22.2 Å². The number of nitrogen functional groups attached to an aromatic ring is 1. The van der Waals surface area contributed by atoms with Crippen molar-refractivity contribution in [3.8, 4) is 11.5 Å². The summed E-state index contributed by atoms with van der Waals surface area (Å²) in [5.41, 5.74) is 10.4. The number of para-hydroxylation sites is 1. The van der Waals surface area contributed by atoms with E-state index >= 15 is 0 Å². The summed E-state index contributed by atoms with van der Waals surface area (Å²) in [6.45, 7) is 3.39. The van der Waals surface area contributed by atoms with Crippen LogP contribution < -0.4 is 15.2 Å². The Kier molecular flexibility index (Phi) is 4.02. The monoisotopic (exact) mass is 361 g/mol. The van der Waals surface area contributed by atoms with Crippen molar-refractivity contribution in [2.45, 2.75) is 12.5 Å². The molecule has 2 aromatic carbocycles. The number of hydrogen-bond acceptors (Lipinski definition) is 4. The molecule has 2 aliphatic heterocycles. The third-order valence-electron chi connectivity index (χ3n) is 5.38. The average Bonchev–Trinajstić information content (AvgIpc) is 3.13. The van der Waals surface area contributed by atoms with Crippen LogP contribution in [0, 0.1) is 0 Å². The lowest BCUT2D eigenvalue weighted by Crippen LogP contribution is -2.42. The lowest BCUT2D eigenvalue weighted by atomic mass is 9.99. The van der Waals surface area contributed by atoms with Crippen LogP contribution in [0.2, 0.25) is 0 Å². The van der Waals surface area contributed by atoms with Crippen LogP contribution in [0.3, 0.4) is 0 Å². The molecule has 138 valence electrons. The van der Waals surface area contributed by atoms with Gasteiger partial charge in [-0.25, -0.2) is 0 Å². The lowest BCUT2D eigenvalue weighted by Gasteiger charge is -2.33. The maximum absolute atomic E-state index is 6.10. The summed E-state index contributed by atoms with van der Waals surface area (Å²) in [4.78, 5) is 5.80. The van der Waals surface area contributed by atoms with Gasteiger partial charge in [0.15, 0.2) is 11.5 Å². The fraction of sp³-hybridized carbons (Fsp3) is 0.273. The molecule has 27 heavy (non-hydrogen) atoms. The largest absolute Gasteiger partial charge is 0.486 e. The number of nitrogens with one attached hydrogen (secondary N) is 1. The molecule has 5 heteroatoms. The Balaban J connectivity index is 1.25. The van der Waals surface area contributed by atoms with Crippen LogP contribution in [-0.2, 0) is 0 Å². The van der Waals surface area contributed by atoms with Gasteiger partial charge in [-0.3, -0.25) is 4.90 Å². The van der Waals surface area contributed by atoms with Crippen LogP contribution in [0.15, 0.2) is 54.7 Å². The van der Waals surface area contributed by atoms with Gasteiger partial charge in [-0.15, -0.1) is 0 Å². The first-order valence-electron chi connectivity index (χ1n) is 9.43. The molecule has 0 radical (unpaired) electrons. The number of nitrogens with two attached hydrogens (primary N) is 1. The van der Waals surface area contributed by atoms with Crippen molar-refractivity contribution in [2.24, 2.45) is 0 Å². The molecule has 0 amide bonds. The molecule has 0 spiro atoms. The number of anilines is 1. The Hall–Kier alpha value is -2.92. The van der Waals surface area contributed by atoms with Crippen LogP contribution in [0.1, 0.15) is 12.0 Å². The standard InChI is InChI=1S/C22H23N3O2/c23-16-5-6-21-22(11-16)26-14-17(27-21)13-25-9-7-15(8-10-25)19-12-24-20-4-2-1-3-18(19)20/h1-7,11-12,17,24H,8-10,13-14,23H2. The lowest BCUT2D eigenvalue weighted by molar-refractivity contribution is 0.0616. The van der Waals surface area contributed by atoms with Crippen molar-refractivity contribution in [1.82, 2.24) is 9.88 Å². The summed E-state index contributed by atoms with van der Waals surface area (Å²) >= 11 is 0. The topological polar surface area (TPSA) is 63.5 Å². The molecule has 0 aliphatic carbocycles. The summed E-state index contributed by atoms with van der Waals surface area (Å²) in [7, 11) is 0. The van der Waals surface area contributed by atoms with Gasteiger partial charge in [0.25, 0.3) is 0 Å². The molecule has 5 rings (SSSR count). The Morgan fingerprint density at radius 2 is 2.07 bits per heavy atom. The van der Waals surface area contributed by atoms with E-state index in [1.54, 1.807) is 0 Å². The number of aromatic nitrogens is 1. The molecule has 0 fully saturated rings. The van der Waals surface area contributed by atoms with Crippen molar-refractivity contribution in [1.29, 1.82) is 0 Å². The molecule has 1 unspecified atom stereocenters. The van der Waals surface area contributed by atoms with E-state index in [0.717, 1.165) is 37.6 Å². The average molecular weight is 361 g/mol. The van der Waals surface area contributed by atoms with Crippen molar-refractivity contribution < 1.29 is 9.47 Å². The Bertz CT molecular complexity index is 1010. The van der Waals surface area contributed by atoms with Crippen molar-refractivity contribution in [3.05, 3.63) is 60.3 Å². The fourth-order valence-electron chi connectivity index (χ4n) is 3.97. The molecule has 5 nitrogen and oxygen atoms in total. The van der Waals surface area contributed by atoms with Crippen LogP contribution >= 0.6 is 0 Å². The number of ether oxygens (including phenoxy) is 2. The minimum atomic E-state index is 0.0455. The van der Waals surface area contributed by atoms with E-state index in [0.29, 0.717) is 12.3 Å². The normalized spacial score (nSPS) is 19.9. The van der Waals surface area contributed by atoms with E-state index in [-0.39, 0.29) is 6.10 Å². The molecule has 2 aliphatic rings. The number of fused-ring (bicyclic) bond motifs is 2. The van der Waals surface area contributed by atoms with Gasteiger partial charge in [-0.2, -0.15) is 0 Å². The SMILES string of the molecule is Nc1ccc2c(c1)OCC(CN1CC=C(c3c[nH]c4ccccc34)CC1)O2. The van der Waals surface area contributed by atoms with Crippen LogP contribution in [-0.4, -0.2) is 42.2 Å². The predicted molar refractivity (Wildman–Crippen MR) is 108 cm³/mol. The Morgan fingerprint density at radius 1 is 1.15 bits per heavy atom. The quantitative estimate of drug-likeness (QED) is 0.699. The summed E-state index contributed by atoms with van der Waals surface area (Å²) in [6, 6.07) is 14.0. The highest BCUT2D eigenvalue weighted by molar-refractivity contribution is 5.92. The molecule has 0 bridgehead atoms. The van der Waals surface area contributed by atoms with Gasteiger partial charge in [0.05, 0.1) is 0 Å². The first kappa shape index (κ1) is 16.3. The van der Waals surface area contributed by atoms with Gasteiger partial charge < -0.3 is 20.2 Å². The maximum atomic E-state index is 6.10. The molecule has 3 heterocycles.